The highest BCUT2D eigenvalue weighted by atomic mass is 15.2. The third-order valence-electron chi connectivity index (χ3n) is 5.89. The van der Waals surface area contributed by atoms with Crippen LogP contribution in [0.4, 0.5) is 5.69 Å². The molecule has 1 aromatic heterocycles. The third-order valence-corrected chi connectivity index (χ3v) is 5.89. The predicted molar refractivity (Wildman–Crippen MR) is 121 cm³/mol. The summed E-state index contributed by atoms with van der Waals surface area (Å²) in [6.07, 6.45) is 3.05. The number of rotatable bonds is 3. The fourth-order valence-corrected chi connectivity index (χ4v) is 4.94. The number of nitrogens with one attached hydrogen (secondary N) is 1. The van der Waals surface area contributed by atoms with Gasteiger partial charge in [0.2, 0.25) is 0 Å². The quantitative estimate of drug-likeness (QED) is 0.553. The smallest absolute Gasteiger partial charge is 0.149 e. The molecule has 29 heavy (non-hydrogen) atoms. The van der Waals surface area contributed by atoms with Crippen LogP contribution >= 0.6 is 0 Å². The highest BCUT2D eigenvalue weighted by molar-refractivity contribution is 5.90. The average Bonchev–Trinajstić information content (AvgIpc) is 3.09. The molecule has 1 N–H and O–H groups in total. The van der Waals surface area contributed by atoms with Crippen molar-refractivity contribution in [2.45, 2.75) is 58.5 Å². The second-order valence-electron chi connectivity index (χ2n) is 8.97. The summed E-state index contributed by atoms with van der Waals surface area (Å²) < 4.78 is 0. The van der Waals surface area contributed by atoms with E-state index in [1.807, 2.05) is 30.3 Å². The Morgan fingerprint density at radius 3 is 2.72 bits per heavy atom. The normalized spacial score (nSPS) is 18.7. The molecule has 0 unspecified atom stereocenters. The number of hydrogen-bond acceptors (Lipinski definition) is 3. The van der Waals surface area contributed by atoms with Crippen molar-refractivity contribution in [2.24, 2.45) is 0 Å². The number of aromatic amines is 1. The highest BCUT2D eigenvalue weighted by Gasteiger charge is 2.37. The minimum absolute atomic E-state index is 0.129. The number of para-hydroxylation sites is 2. The topological polar surface area (TPSA) is 55.7 Å². The van der Waals surface area contributed by atoms with Gasteiger partial charge in [-0.15, -0.1) is 0 Å². The predicted octanol–water partition coefficient (Wildman–Crippen LogP) is 6.13. The Bertz CT molecular complexity index is 1090. The lowest BCUT2D eigenvalue weighted by Gasteiger charge is -2.50. The zero-order valence-corrected chi connectivity index (χ0v) is 17.8. The number of benzene rings is 2. The molecule has 3 aromatic rings. The van der Waals surface area contributed by atoms with E-state index in [2.05, 4.69) is 73.8 Å². The Kier molecular flexibility index (Phi) is 4.70. The summed E-state index contributed by atoms with van der Waals surface area (Å²) in [5, 5.41) is 9.75. The maximum absolute atomic E-state index is 9.75. The van der Waals surface area contributed by atoms with Gasteiger partial charge < -0.3 is 9.88 Å². The first kappa shape index (κ1) is 19.3. The van der Waals surface area contributed by atoms with Crippen LogP contribution < -0.4 is 4.90 Å². The number of nitriles is 1. The first-order chi connectivity index (χ1) is 13.8. The van der Waals surface area contributed by atoms with Gasteiger partial charge in [0, 0.05) is 17.3 Å². The molecule has 4 rings (SSSR count). The van der Waals surface area contributed by atoms with Crippen LogP contribution in [-0.2, 0) is 0 Å². The number of imidazole rings is 1. The number of nitrogens with zero attached hydrogens (tertiary/aromatic N) is 3. The van der Waals surface area contributed by atoms with E-state index in [1.54, 1.807) is 0 Å². The lowest BCUT2D eigenvalue weighted by molar-refractivity contribution is 0.356. The summed E-state index contributed by atoms with van der Waals surface area (Å²) in [6, 6.07) is 17.2. The molecule has 2 aromatic carbocycles. The number of H-pyrrole nitrogens is 1. The monoisotopic (exact) mass is 384 g/mol. The molecule has 0 radical (unpaired) electrons. The summed E-state index contributed by atoms with van der Waals surface area (Å²) in [7, 11) is 0. The van der Waals surface area contributed by atoms with Gasteiger partial charge in [0.1, 0.15) is 11.9 Å². The molecule has 1 atom stereocenters. The van der Waals surface area contributed by atoms with Gasteiger partial charge in [0.05, 0.1) is 16.6 Å². The van der Waals surface area contributed by atoms with Gasteiger partial charge in [0.15, 0.2) is 0 Å². The molecule has 0 saturated carbocycles. The van der Waals surface area contributed by atoms with Crippen molar-refractivity contribution < 1.29 is 0 Å². The maximum Gasteiger partial charge on any atom is 0.149 e. The van der Waals surface area contributed by atoms with Crippen molar-refractivity contribution >= 4 is 28.4 Å². The van der Waals surface area contributed by atoms with Crippen LogP contribution in [-0.4, -0.2) is 21.5 Å². The Morgan fingerprint density at radius 1 is 1.28 bits per heavy atom. The lowest BCUT2D eigenvalue weighted by Crippen LogP contribution is -2.51. The molecular formula is C25H28N4. The molecule has 1 aliphatic rings. The SMILES string of the molecule is CC(C)N1c2ccc(/C=C(/C#N)c3nc4ccccc4[nH]3)cc2[C@H](C)CC1(C)C. The summed E-state index contributed by atoms with van der Waals surface area (Å²) >= 11 is 0. The molecule has 2 heterocycles. The van der Waals surface area contributed by atoms with E-state index in [9.17, 15) is 5.26 Å². The van der Waals surface area contributed by atoms with Crippen molar-refractivity contribution in [1.82, 2.24) is 9.97 Å². The molecule has 4 heteroatoms. The van der Waals surface area contributed by atoms with Gasteiger partial charge in [-0.3, -0.25) is 0 Å². The molecular weight excluding hydrogens is 356 g/mol. The maximum atomic E-state index is 9.75. The van der Waals surface area contributed by atoms with Crippen LogP contribution in [0.3, 0.4) is 0 Å². The average molecular weight is 385 g/mol. The van der Waals surface area contributed by atoms with Gasteiger partial charge in [0.25, 0.3) is 0 Å². The van der Waals surface area contributed by atoms with Crippen LogP contribution in [0.15, 0.2) is 42.5 Å². The van der Waals surface area contributed by atoms with E-state index in [0.29, 0.717) is 23.4 Å². The fourth-order valence-electron chi connectivity index (χ4n) is 4.94. The van der Waals surface area contributed by atoms with E-state index in [4.69, 9.17) is 0 Å². The zero-order chi connectivity index (χ0) is 20.8. The second kappa shape index (κ2) is 7.08. The zero-order valence-electron chi connectivity index (χ0n) is 17.8. The molecule has 0 bridgehead atoms. The lowest BCUT2D eigenvalue weighted by atomic mass is 9.79. The second-order valence-corrected chi connectivity index (χ2v) is 8.97. The third kappa shape index (κ3) is 3.42. The Balaban J connectivity index is 1.76. The molecule has 0 spiro atoms. The minimum Gasteiger partial charge on any atom is -0.364 e. The van der Waals surface area contributed by atoms with E-state index in [0.717, 1.165) is 23.0 Å². The molecule has 1 aliphatic heterocycles. The van der Waals surface area contributed by atoms with E-state index in [1.165, 1.54) is 11.3 Å². The van der Waals surface area contributed by atoms with Gasteiger partial charge in [-0.2, -0.15) is 5.26 Å². The molecule has 0 aliphatic carbocycles. The van der Waals surface area contributed by atoms with Crippen LogP contribution in [0.2, 0.25) is 0 Å². The number of hydrogen-bond donors (Lipinski definition) is 1. The van der Waals surface area contributed by atoms with Crippen LogP contribution in [0.25, 0.3) is 22.7 Å². The number of aromatic nitrogens is 2. The van der Waals surface area contributed by atoms with Crippen molar-refractivity contribution in [3.05, 3.63) is 59.4 Å². The van der Waals surface area contributed by atoms with Crippen LogP contribution in [0.1, 0.15) is 63.9 Å². The summed E-state index contributed by atoms with van der Waals surface area (Å²) in [4.78, 5) is 10.4. The first-order valence-electron chi connectivity index (χ1n) is 10.3. The van der Waals surface area contributed by atoms with E-state index < -0.39 is 0 Å². The highest BCUT2D eigenvalue weighted by Crippen LogP contribution is 2.44. The van der Waals surface area contributed by atoms with E-state index >= 15 is 0 Å². The number of anilines is 1. The minimum atomic E-state index is 0.129. The van der Waals surface area contributed by atoms with Crippen molar-refractivity contribution in [2.75, 3.05) is 4.90 Å². The number of allylic oxidation sites excluding steroid dienone is 1. The van der Waals surface area contributed by atoms with Gasteiger partial charge in [-0.05, 0) is 81.5 Å². The Morgan fingerprint density at radius 2 is 2.03 bits per heavy atom. The molecule has 0 saturated heterocycles. The van der Waals surface area contributed by atoms with Gasteiger partial charge >= 0.3 is 0 Å². The largest absolute Gasteiger partial charge is 0.364 e. The Hall–Kier alpha value is -3.06. The number of fused-ring (bicyclic) bond motifs is 2. The standard InChI is InChI=1S/C25H28N4/c1-16(2)29-23-11-10-18(13-20(23)17(3)14-25(29,4)5)12-19(15-26)24-27-21-8-6-7-9-22(21)28-24/h6-13,16-17H,14H2,1-5H3,(H,27,28)/b19-12-/t17-/m1/s1. The molecule has 4 nitrogen and oxygen atoms in total. The van der Waals surface area contributed by atoms with E-state index in [-0.39, 0.29) is 5.54 Å². The molecule has 0 amide bonds. The first-order valence-corrected chi connectivity index (χ1v) is 10.3. The fraction of sp³-hybridized carbons (Fsp3) is 0.360. The van der Waals surface area contributed by atoms with Gasteiger partial charge in [-0.1, -0.05) is 25.1 Å². The van der Waals surface area contributed by atoms with Crippen LogP contribution in [0.5, 0.6) is 0 Å². The summed E-state index contributed by atoms with van der Waals surface area (Å²) in [5.41, 5.74) is 6.19. The van der Waals surface area contributed by atoms with Crippen molar-refractivity contribution in [3.8, 4) is 6.07 Å². The van der Waals surface area contributed by atoms with Crippen molar-refractivity contribution in [3.63, 3.8) is 0 Å². The van der Waals surface area contributed by atoms with Crippen LogP contribution in [0, 0.1) is 11.3 Å². The Labute approximate surface area is 172 Å². The van der Waals surface area contributed by atoms with Crippen molar-refractivity contribution in [1.29, 1.82) is 5.26 Å². The van der Waals surface area contributed by atoms with Gasteiger partial charge in [-0.25, -0.2) is 4.98 Å². The summed E-state index contributed by atoms with van der Waals surface area (Å²) in [6.45, 7) is 11.5. The summed E-state index contributed by atoms with van der Waals surface area (Å²) in [5.74, 6) is 1.09. The molecule has 0 fully saturated rings. The molecule has 148 valence electrons.